The van der Waals surface area contributed by atoms with Gasteiger partial charge in [0.25, 0.3) is 0 Å². The Morgan fingerprint density at radius 2 is 1.90 bits per heavy atom. The summed E-state index contributed by atoms with van der Waals surface area (Å²) < 4.78 is 2.08. The first-order chi connectivity index (χ1) is 9.74. The molecule has 3 rings (SSSR count). The molecule has 1 aromatic heterocycles. The van der Waals surface area contributed by atoms with Crippen LogP contribution in [0.1, 0.15) is 5.56 Å². The van der Waals surface area contributed by atoms with Crippen molar-refractivity contribution in [1.29, 1.82) is 0 Å². The van der Waals surface area contributed by atoms with Crippen molar-refractivity contribution in [3.05, 3.63) is 71.5 Å². The first-order valence-electron chi connectivity index (χ1n) is 6.34. The van der Waals surface area contributed by atoms with Crippen molar-refractivity contribution < 1.29 is 0 Å². The summed E-state index contributed by atoms with van der Waals surface area (Å²) in [5.74, 6) is 0.931. The van der Waals surface area contributed by atoms with Gasteiger partial charge >= 0.3 is 0 Å². The molecule has 0 fully saturated rings. The zero-order chi connectivity index (χ0) is 13.9. The Kier molecular flexibility index (Phi) is 3.44. The minimum atomic E-state index is 0.653. The summed E-state index contributed by atoms with van der Waals surface area (Å²) >= 11 is 5.93. The zero-order valence-electron chi connectivity index (χ0n) is 10.8. The van der Waals surface area contributed by atoms with Crippen LogP contribution in [-0.2, 0) is 6.54 Å². The minimum absolute atomic E-state index is 0.653. The molecule has 2 N–H and O–H groups in total. The molecule has 0 unspecified atom stereocenters. The molecule has 0 spiro atoms. The predicted molar refractivity (Wildman–Crippen MR) is 82.6 cm³/mol. The van der Waals surface area contributed by atoms with Crippen LogP contribution in [0.15, 0.2) is 60.9 Å². The Hall–Kier alpha value is -2.26. The van der Waals surface area contributed by atoms with E-state index in [0.29, 0.717) is 17.3 Å². The molecule has 0 saturated carbocycles. The summed E-state index contributed by atoms with van der Waals surface area (Å²) in [6, 6.07) is 15.7. The molecule has 3 nitrogen and oxygen atoms in total. The second-order valence-corrected chi connectivity index (χ2v) is 5.02. The number of benzene rings is 2. The van der Waals surface area contributed by atoms with E-state index in [1.807, 2.05) is 48.7 Å². The number of imidazole rings is 1. The van der Waals surface area contributed by atoms with Crippen LogP contribution in [-0.4, -0.2) is 9.55 Å². The number of nitrogens with zero attached hydrogens (tertiary/aromatic N) is 2. The number of halogens is 1. The standard InChI is InChI=1S/C16H14ClN3/c17-14-7-6-13(15(18)10-14)11-20-9-8-19-16(20)12-4-2-1-3-5-12/h1-10H,11,18H2. The van der Waals surface area contributed by atoms with Gasteiger partial charge in [0.2, 0.25) is 0 Å². The van der Waals surface area contributed by atoms with Crippen LogP contribution in [0, 0.1) is 0 Å². The lowest BCUT2D eigenvalue weighted by molar-refractivity contribution is 0.809. The monoisotopic (exact) mass is 283 g/mol. The SMILES string of the molecule is Nc1cc(Cl)ccc1Cn1ccnc1-c1ccccc1. The highest BCUT2D eigenvalue weighted by Gasteiger charge is 2.07. The van der Waals surface area contributed by atoms with Gasteiger partial charge in [-0.2, -0.15) is 0 Å². The third kappa shape index (κ3) is 2.53. The average Bonchev–Trinajstić information content (AvgIpc) is 2.91. The molecule has 0 aliphatic rings. The van der Waals surface area contributed by atoms with E-state index in [-0.39, 0.29) is 0 Å². The Labute approximate surface area is 122 Å². The molecule has 0 radical (unpaired) electrons. The van der Waals surface area contributed by atoms with Crippen molar-refractivity contribution >= 4 is 17.3 Å². The van der Waals surface area contributed by atoms with Gasteiger partial charge in [-0.25, -0.2) is 4.98 Å². The van der Waals surface area contributed by atoms with Gasteiger partial charge in [0.1, 0.15) is 5.82 Å². The van der Waals surface area contributed by atoms with Gasteiger partial charge in [0, 0.05) is 28.7 Å². The van der Waals surface area contributed by atoms with Gasteiger partial charge in [-0.15, -0.1) is 0 Å². The summed E-state index contributed by atoms with van der Waals surface area (Å²) in [6.07, 6.45) is 3.75. The van der Waals surface area contributed by atoms with E-state index < -0.39 is 0 Å². The highest BCUT2D eigenvalue weighted by Crippen LogP contribution is 2.22. The lowest BCUT2D eigenvalue weighted by Gasteiger charge is -2.10. The summed E-state index contributed by atoms with van der Waals surface area (Å²) in [5.41, 5.74) is 8.83. The van der Waals surface area contributed by atoms with Crippen LogP contribution >= 0.6 is 11.6 Å². The van der Waals surface area contributed by atoms with E-state index in [1.165, 1.54) is 0 Å². The molecule has 0 bridgehead atoms. The summed E-state index contributed by atoms with van der Waals surface area (Å²) in [7, 11) is 0. The van der Waals surface area contributed by atoms with Gasteiger partial charge in [-0.3, -0.25) is 0 Å². The van der Waals surface area contributed by atoms with Crippen LogP contribution in [0.25, 0.3) is 11.4 Å². The van der Waals surface area contributed by atoms with Crippen molar-refractivity contribution in [3.8, 4) is 11.4 Å². The summed E-state index contributed by atoms with van der Waals surface area (Å²) in [5, 5.41) is 0.653. The molecule has 0 saturated heterocycles. The number of aromatic nitrogens is 2. The fourth-order valence-electron chi connectivity index (χ4n) is 2.18. The van der Waals surface area contributed by atoms with Crippen LogP contribution in [0.4, 0.5) is 5.69 Å². The molecule has 0 atom stereocenters. The summed E-state index contributed by atoms with van der Waals surface area (Å²) in [6.45, 7) is 0.674. The fourth-order valence-corrected chi connectivity index (χ4v) is 2.36. The van der Waals surface area contributed by atoms with Crippen LogP contribution in [0.3, 0.4) is 0 Å². The molecule has 0 aliphatic heterocycles. The first-order valence-corrected chi connectivity index (χ1v) is 6.72. The zero-order valence-corrected chi connectivity index (χ0v) is 11.6. The maximum Gasteiger partial charge on any atom is 0.140 e. The van der Waals surface area contributed by atoms with Gasteiger partial charge < -0.3 is 10.3 Å². The Morgan fingerprint density at radius 1 is 1.10 bits per heavy atom. The highest BCUT2D eigenvalue weighted by atomic mass is 35.5. The number of anilines is 1. The average molecular weight is 284 g/mol. The molecular weight excluding hydrogens is 270 g/mol. The third-order valence-corrected chi connectivity index (χ3v) is 3.43. The highest BCUT2D eigenvalue weighted by molar-refractivity contribution is 6.30. The molecule has 1 heterocycles. The van der Waals surface area contributed by atoms with Crippen molar-refractivity contribution in [1.82, 2.24) is 9.55 Å². The van der Waals surface area contributed by atoms with Crippen LogP contribution in [0.2, 0.25) is 5.02 Å². The van der Waals surface area contributed by atoms with Gasteiger partial charge in [0.15, 0.2) is 0 Å². The molecule has 20 heavy (non-hydrogen) atoms. The van der Waals surface area contributed by atoms with E-state index in [1.54, 1.807) is 12.3 Å². The summed E-state index contributed by atoms with van der Waals surface area (Å²) in [4.78, 5) is 4.43. The Bertz CT molecular complexity index is 720. The molecule has 2 aromatic carbocycles. The van der Waals surface area contributed by atoms with Crippen molar-refractivity contribution in [3.63, 3.8) is 0 Å². The normalized spacial score (nSPS) is 10.7. The van der Waals surface area contributed by atoms with E-state index >= 15 is 0 Å². The van der Waals surface area contributed by atoms with Crippen LogP contribution < -0.4 is 5.73 Å². The topological polar surface area (TPSA) is 43.8 Å². The second-order valence-electron chi connectivity index (χ2n) is 4.59. The van der Waals surface area contributed by atoms with Crippen LogP contribution in [0.5, 0.6) is 0 Å². The predicted octanol–water partition coefficient (Wildman–Crippen LogP) is 3.83. The second kappa shape index (κ2) is 5.39. The molecule has 0 aliphatic carbocycles. The maximum absolute atomic E-state index is 6.01. The van der Waals surface area contributed by atoms with Crippen molar-refractivity contribution in [2.45, 2.75) is 6.54 Å². The largest absolute Gasteiger partial charge is 0.398 e. The molecule has 4 heteroatoms. The number of nitrogens with two attached hydrogens (primary N) is 1. The molecule has 0 amide bonds. The number of hydrogen-bond acceptors (Lipinski definition) is 2. The van der Waals surface area contributed by atoms with Gasteiger partial charge in [-0.05, 0) is 17.7 Å². The quantitative estimate of drug-likeness (QED) is 0.742. The number of nitrogen functional groups attached to an aromatic ring is 1. The third-order valence-electron chi connectivity index (χ3n) is 3.20. The smallest absolute Gasteiger partial charge is 0.140 e. The minimum Gasteiger partial charge on any atom is -0.398 e. The maximum atomic E-state index is 6.01. The van der Waals surface area contributed by atoms with Gasteiger partial charge in [0.05, 0.1) is 6.54 Å². The fraction of sp³-hybridized carbons (Fsp3) is 0.0625. The molecular formula is C16H14ClN3. The Balaban J connectivity index is 1.95. The number of hydrogen-bond donors (Lipinski definition) is 1. The van der Waals surface area contributed by atoms with E-state index in [2.05, 4.69) is 9.55 Å². The molecule has 3 aromatic rings. The number of rotatable bonds is 3. The molecule has 100 valence electrons. The van der Waals surface area contributed by atoms with E-state index in [9.17, 15) is 0 Å². The Morgan fingerprint density at radius 3 is 2.65 bits per heavy atom. The van der Waals surface area contributed by atoms with Crippen molar-refractivity contribution in [2.24, 2.45) is 0 Å². The van der Waals surface area contributed by atoms with Gasteiger partial charge in [-0.1, -0.05) is 48.0 Å². The van der Waals surface area contributed by atoms with Crippen molar-refractivity contribution in [2.75, 3.05) is 5.73 Å². The van der Waals surface area contributed by atoms with E-state index in [0.717, 1.165) is 17.0 Å². The lowest BCUT2D eigenvalue weighted by Crippen LogP contribution is -2.04. The first kappa shape index (κ1) is 12.8. The lowest BCUT2D eigenvalue weighted by atomic mass is 10.1. The van der Waals surface area contributed by atoms with E-state index in [4.69, 9.17) is 17.3 Å².